The van der Waals surface area contributed by atoms with Gasteiger partial charge >= 0.3 is 0 Å². The Bertz CT molecular complexity index is 890. The van der Waals surface area contributed by atoms with Gasteiger partial charge in [0.15, 0.2) is 0 Å². The van der Waals surface area contributed by atoms with Crippen LogP contribution in [0.3, 0.4) is 0 Å². The zero-order chi connectivity index (χ0) is 21.2. The molecule has 0 heterocycles. The van der Waals surface area contributed by atoms with E-state index in [1.54, 1.807) is 37.5 Å². The van der Waals surface area contributed by atoms with Crippen LogP contribution in [0.1, 0.15) is 35.7 Å². The van der Waals surface area contributed by atoms with Gasteiger partial charge in [-0.05, 0) is 42.3 Å². The molecule has 8 nitrogen and oxygen atoms in total. The predicted octanol–water partition coefficient (Wildman–Crippen LogP) is 3.29. The molecule has 2 aromatic carbocycles. The van der Waals surface area contributed by atoms with Crippen molar-refractivity contribution in [1.82, 2.24) is 10.6 Å². The zero-order valence-corrected chi connectivity index (χ0v) is 16.3. The summed E-state index contributed by atoms with van der Waals surface area (Å²) in [6.07, 6.45) is 3.30. The average molecular weight is 397 g/mol. The van der Waals surface area contributed by atoms with E-state index in [9.17, 15) is 19.7 Å². The van der Waals surface area contributed by atoms with Gasteiger partial charge in [0.25, 0.3) is 17.5 Å². The molecule has 0 unspecified atom stereocenters. The molecule has 0 bridgehead atoms. The fourth-order valence-electron chi connectivity index (χ4n) is 2.43. The number of hydrogen-bond acceptors (Lipinski definition) is 5. The van der Waals surface area contributed by atoms with Crippen molar-refractivity contribution in [2.75, 3.05) is 13.7 Å². The summed E-state index contributed by atoms with van der Waals surface area (Å²) in [4.78, 5) is 35.3. The van der Waals surface area contributed by atoms with Crippen molar-refractivity contribution < 1.29 is 19.2 Å². The molecule has 2 N–H and O–H groups in total. The maximum atomic E-state index is 12.5. The third kappa shape index (κ3) is 6.46. The molecular weight excluding hydrogens is 374 g/mol. The quantitative estimate of drug-likeness (QED) is 0.292. The minimum Gasteiger partial charge on any atom is -0.497 e. The maximum Gasteiger partial charge on any atom is 0.269 e. The number of ether oxygens (including phenoxy) is 1. The number of unbranched alkanes of at least 4 members (excludes halogenated alkanes) is 1. The molecule has 2 amide bonds. The molecule has 0 aliphatic heterocycles. The van der Waals surface area contributed by atoms with Gasteiger partial charge in [-0.1, -0.05) is 25.5 Å². The van der Waals surface area contributed by atoms with Gasteiger partial charge in [0.1, 0.15) is 11.4 Å². The lowest BCUT2D eigenvalue weighted by molar-refractivity contribution is -0.384. The molecular formula is C21H23N3O5. The third-order valence-electron chi connectivity index (χ3n) is 4.08. The van der Waals surface area contributed by atoms with Crippen molar-refractivity contribution in [3.05, 3.63) is 75.5 Å². The molecule has 0 spiro atoms. The molecule has 0 aliphatic rings. The van der Waals surface area contributed by atoms with Crippen LogP contribution in [0.4, 0.5) is 5.69 Å². The third-order valence-corrected chi connectivity index (χ3v) is 4.08. The van der Waals surface area contributed by atoms with E-state index in [2.05, 4.69) is 10.6 Å². The van der Waals surface area contributed by atoms with Crippen molar-refractivity contribution in [3.8, 4) is 5.75 Å². The van der Waals surface area contributed by atoms with E-state index >= 15 is 0 Å². The molecule has 2 rings (SSSR count). The Morgan fingerprint density at radius 3 is 2.31 bits per heavy atom. The van der Waals surface area contributed by atoms with E-state index < -0.39 is 16.7 Å². The van der Waals surface area contributed by atoms with E-state index in [1.807, 2.05) is 6.92 Å². The van der Waals surface area contributed by atoms with Gasteiger partial charge < -0.3 is 15.4 Å². The van der Waals surface area contributed by atoms with Crippen molar-refractivity contribution in [2.45, 2.75) is 19.8 Å². The Hall–Kier alpha value is -3.68. The standard InChI is InChI=1S/C21H23N3O5/c1-3-4-13-22-21(26)19(14-15-5-11-18(29-2)12-6-15)23-20(25)16-7-9-17(10-8-16)24(27)28/h5-12,14H,3-4,13H2,1-2H3,(H,22,26)(H,23,25). The minimum atomic E-state index is -0.544. The Morgan fingerprint density at radius 1 is 1.10 bits per heavy atom. The van der Waals surface area contributed by atoms with E-state index in [1.165, 1.54) is 24.3 Å². The minimum absolute atomic E-state index is 0.0784. The van der Waals surface area contributed by atoms with Crippen LogP contribution < -0.4 is 15.4 Å². The number of methoxy groups -OCH3 is 1. The summed E-state index contributed by atoms with van der Waals surface area (Å²) in [6, 6.07) is 12.2. The van der Waals surface area contributed by atoms with E-state index in [0.29, 0.717) is 17.9 Å². The lowest BCUT2D eigenvalue weighted by Gasteiger charge is -2.11. The number of carbonyl (C=O) groups is 2. The number of hydrogen-bond donors (Lipinski definition) is 2. The van der Waals surface area contributed by atoms with Gasteiger partial charge in [0.2, 0.25) is 0 Å². The lowest BCUT2D eigenvalue weighted by atomic mass is 10.1. The van der Waals surface area contributed by atoms with Crippen LogP contribution in [-0.4, -0.2) is 30.4 Å². The molecule has 0 fully saturated rings. The summed E-state index contributed by atoms with van der Waals surface area (Å²) in [7, 11) is 1.56. The molecule has 0 radical (unpaired) electrons. The summed E-state index contributed by atoms with van der Waals surface area (Å²) in [5, 5.41) is 16.1. The van der Waals surface area contributed by atoms with Gasteiger partial charge in [-0.2, -0.15) is 0 Å². The average Bonchev–Trinajstić information content (AvgIpc) is 2.73. The number of nitro groups is 1. The number of rotatable bonds is 9. The number of nitrogens with zero attached hydrogens (tertiary/aromatic N) is 1. The smallest absolute Gasteiger partial charge is 0.269 e. The molecule has 0 aromatic heterocycles. The molecule has 0 atom stereocenters. The predicted molar refractivity (Wildman–Crippen MR) is 109 cm³/mol. The van der Waals surface area contributed by atoms with Gasteiger partial charge in [-0.25, -0.2) is 0 Å². The number of carbonyl (C=O) groups excluding carboxylic acids is 2. The summed E-state index contributed by atoms with van der Waals surface area (Å²) in [5.41, 5.74) is 0.871. The highest BCUT2D eigenvalue weighted by Gasteiger charge is 2.15. The highest BCUT2D eigenvalue weighted by Crippen LogP contribution is 2.15. The van der Waals surface area contributed by atoms with E-state index in [4.69, 9.17) is 4.74 Å². The van der Waals surface area contributed by atoms with Crippen LogP contribution in [0.15, 0.2) is 54.2 Å². The lowest BCUT2D eigenvalue weighted by Crippen LogP contribution is -2.35. The number of nitrogens with one attached hydrogen (secondary N) is 2. The van der Waals surface area contributed by atoms with Crippen LogP contribution in [0.5, 0.6) is 5.75 Å². The monoisotopic (exact) mass is 397 g/mol. The Labute approximate surface area is 168 Å². The largest absolute Gasteiger partial charge is 0.497 e. The summed E-state index contributed by atoms with van der Waals surface area (Å²) >= 11 is 0. The summed E-state index contributed by atoms with van der Waals surface area (Å²) in [5.74, 6) is -0.277. The number of non-ortho nitro benzene ring substituents is 1. The first-order chi connectivity index (χ1) is 13.9. The number of amides is 2. The molecule has 0 saturated carbocycles. The number of benzene rings is 2. The maximum absolute atomic E-state index is 12.5. The fourth-order valence-corrected chi connectivity index (χ4v) is 2.43. The zero-order valence-electron chi connectivity index (χ0n) is 16.3. The highest BCUT2D eigenvalue weighted by molar-refractivity contribution is 6.05. The van der Waals surface area contributed by atoms with Crippen molar-refractivity contribution in [1.29, 1.82) is 0 Å². The van der Waals surface area contributed by atoms with Crippen LogP contribution in [0, 0.1) is 10.1 Å². The number of nitro benzene ring substituents is 1. The topological polar surface area (TPSA) is 111 Å². The second-order valence-electron chi connectivity index (χ2n) is 6.20. The molecule has 0 saturated heterocycles. The summed E-state index contributed by atoms with van der Waals surface area (Å²) in [6.45, 7) is 2.50. The van der Waals surface area contributed by atoms with Crippen LogP contribution in [0.2, 0.25) is 0 Å². The fraction of sp³-hybridized carbons (Fsp3) is 0.238. The molecule has 29 heavy (non-hydrogen) atoms. The van der Waals surface area contributed by atoms with Crippen molar-refractivity contribution in [3.63, 3.8) is 0 Å². The van der Waals surface area contributed by atoms with Gasteiger partial charge in [0, 0.05) is 24.2 Å². The Morgan fingerprint density at radius 2 is 1.76 bits per heavy atom. The summed E-state index contributed by atoms with van der Waals surface area (Å²) < 4.78 is 5.12. The second kappa shape index (κ2) is 10.6. The SMILES string of the molecule is CCCCNC(=O)C(=Cc1ccc(OC)cc1)NC(=O)c1ccc([N+](=O)[O-])cc1. The van der Waals surface area contributed by atoms with Crippen molar-refractivity contribution >= 4 is 23.6 Å². The normalized spacial score (nSPS) is 10.9. The van der Waals surface area contributed by atoms with Gasteiger partial charge in [-0.15, -0.1) is 0 Å². The van der Waals surface area contributed by atoms with Crippen LogP contribution >= 0.6 is 0 Å². The van der Waals surface area contributed by atoms with E-state index in [-0.39, 0.29) is 16.9 Å². The van der Waals surface area contributed by atoms with Crippen LogP contribution in [-0.2, 0) is 4.79 Å². The first-order valence-corrected chi connectivity index (χ1v) is 9.14. The first kappa shape index (κ1) is 21.6. The van der Waals surface area contributed by atoms with E-state index in [0.717, 1.165) is 12.8 Å². The highest BCUT2D eigenvalue weighted by atomic mass is 16.6. The molecule has 2 aromatic rings. The Kier molecular flexibility index (Phi) is 7.90. The van der Waals surface area contributed by atoms with Gasteiger partial charge in [0.05, 0.1) is 12.0 Å². The Balaban J connectivity index is 2.23. The van der Waals surface area contributed by atoms with Crippen LogP contribution in [0.25, 0.3) is 6.08 Å². The second-order valence-corrected chi connectivity index (χ2v) is 6.20. The van der Waals surface area contributed by atoms with Crippen molar-refractivity contribution in [2.24, 2.45) is 0 Å². The first-order valence-electron chi connectivity index (χ1n) is 9.14. The molecule has 8 heteroatoms. The molecule has 0 aliphatic carbocycles. The molecule has 152 valence electrons. The van der Waals surface area contributed by atoms with Gasteiger partial charge in [-0.3, -0.25) is 19.7 Å².